The van der Waals surface area contributed by atoms with Gasteiger partial charge < -0.3 is 9.84 Å². The van der Waals surface area contributed by atoms with E-state index in [0.29, 0.717) is 17.9 Å². The third-order valence-electron chi connectivity index (χ3n) is 2.53. The second-order valence-electron chi connectivity index (χ2n) is 3.84. The summed E-state index contributed by atoms with van der Waals surface area (Å²) in [6.45, 7) is 2.29. The number of phenols is 1. The van der Waals surface area contributed by atoms with E-state index in [4.69, 9.17) is 4.74 Å². The molecule has 0 heterocycles. The quantitative estimate of drug-likeness (QED) is 0.851. The average Bonchev–Trinajstić information content (AvgIpc) is 2.42. The molecule has 0 spiro atoms. The Hall–Kier alpha value is -2.36. The zero-order valence-electron chi connectivity index (χ0n) is 10.5. The van der Waals surface area contributed by atoms with Gasteiger partial charge >= 0.3 is 0 Å². The highest BCUT2D eigenvalue weighted by Gasteiger charge is 2.06. The van der Waals surface area contributed by atoms with Crippen molar-refractivity contribution in [2.75, 3.05) is 6.61 Å². The Morgan fingerprint density at radius 3 is 2.74 bits per heavy atom. The number of hydrogen-bond acceptors (Lipinski definition) is 3. The van der Waals surface area contributed by atoms with Crippen molar-refractivity contribution >= 4 is 11.9 Å². The van der Waals surface area contributed by atoms with Gasteiger partial charge in [-0.05, 0) is 31.2 Å². The first kappa shape index (κ1) is 13.1. The molecule has 2 rings (SSSR count). The van der Waals surface area contributed by atoms with Gasteiger partial charge in [0.25, 0.3) is 0 Å². The number of aromatic hydroxyl groups is 1. The van der Waals surface area contributed by atoms with Crippen molar-refractivity contribution in [2.45, 2.75) is 6.92 Å². The first-order chi connectivity index (χ1) is 9.22. The second kappa shape index (κ2) is 6.00. The molecular weight excluding hydrogens is 245 g/mol. The van der Waals surface area contributed by atoms with Gasteiger partial charge in [-0.25, -0.2) is 4.39 Å². The van der Waals surface area contributed by atoms with Gasteiger partial charge in [-0.2, -0.15) is 0 Å². The number of benzene rings is 2. The number of para-hydroxylation sites is 2. The summed E-state index contributed by atoms with van der Waals surface area (Å²) in [5.74, 6) is -0.0105. The first-order valence-electron chi connectivity index (χ1n) is 5.95. The Balaban J connectivity index is 2.29. The van der Waals surface area contributed by atoms with E-state index in [2.05, 4.69) is 4.99 Å². The number of halogens is 1. The molecule has 0 aliphatic rings. The van der Waals surface area contributed by atoms with Gasteiger partial charge in [0, 0.05) is 11.8 Å². The van der Waals surface area contributed by atoms with Crippen LogP contribution in [0, 0.1) is 5.82 Å². The van der Waals surface area contributed by atoms with E-state index < -0.39 is 5.82 Å². The number of phenolic OH excluding ortho intramolecular Hbond substituents is 1. The number of aliphatic imine (C=N–C) groups is 1. The lowest BCUT2D eigenvalue weighted by molar-refractivity contribution is 0.318. The van der Waals surface area contributed by atoms with Crippen molar-refractivity contribution in [3.05, 3.63) is 53.8 Å². The largest absolute Gasteiger partial charge is 0.504 e. The van der Waals surface area contributed by atoms with E-state index in [1.165, 1.54) is 12.3 Å². The molecule has 4 heteroatoms. The summed E-state index contributed by atoms with van der Waals surface area (Å²) in [5, 5.41) is 9.96. The second-order valence-corrected chi connectivity index (χ2v) is 3.84. The van der Waals surface area contributed by atoms with E-state index in [-0.39, 0.29) is 11.4 Å². The molecule has 0 fully saturated rings. The van der Waals surface area contributed by atoms with Gasteiger partial charge in [-0.1, -0.05) is 18.2 Å². The average molecular weight is 259 g/mol. The lowest BCUT2D eigenvalue weighted by atomic mass is 10.2. The van der Waals surface area contributed by atoms with Gasteiger partial charge in [-0.15, -0.1) is 0 Å². The van der Waals surface area contributed by atoms with Crippen LogP contribution in [0.3, 0.4) is 0 Å². The molecule has 0 saturated carbocycles. The van der Waals surface area contributed by atoms with Crippen LogP contribution in [0.1, 0.15) is 12.5 Å². The zero-order valence-corrected chi connectivity index (χ0v) is 10.5. The highest BCUT2D eigenvalue weighted by atomic mass is 19.1. The van der Waals surface area contributed by atoms with E-state index in [1.807, 2.05) is 6.92 Å². The minimum absolute atomic E-state index is 0.00411. The third-order valence-corrected chi connectivity index (χ3v) is 2.53. The van der Waals surface area contributed by atoms with Crippen LogP contribution in [0.5, 0.6) is 11.5 Å². The molecule has 3 nitrogen and oxygen atoms in total. The predicted octanol–water partition coefficient (Wildman–Crippen LogP) is 3.68. The molecule has 2 aromatic rings. The molecule has 2 aromatic carbocycles. The van der Waals surface area contributed by atoms with Crippen LogP contribution in [-0.2, 0) is 0 Å². The molecule has 0 bridgehead atoms. The van der Waals surface area contributed by atoms with Gasteiger partial charge in [0.15, 0.2) is 11.5 Å². The Labute approximate surface area is 111 Å². The molecule has 0 saturated heterocycles. The molecule has 98 valence electrons. The number of ether oxygens (including phenoxy) is 1. The van der Waals surface area contributed by atoms with Crippen LogP contribution < -0.4 is 4.74 Å². The van der Waals surface area contributed by atoms with E-state index >= 15 is 0 Å². The van der Waals surface area contributed by atoms with Crippen LogP contribution >= 0.6 is 0 Å². The van der Waals surface area contributed by atoms with Crippen molar-refractivity contribution in [1.29, 1.82) is 0 Å². The lowest BCUT2D eigenvalue weighted by Gasteiger charge is -2.07. The lowest BCUT2D eigenvalue weighted by Crippen LogP contribution is -1.93. The smallest absolute Gasteiger partial charge is 0.166 e. The molecule has 0 aromatic heterocycles. The maximum Gasteiger partial charge on any atom is 0.166 e. The van der Waals surface area contributed by atoms with Crippen molar-refractivity contribution in [1.82, 2.24) is 0 Å². The van der Waals surface area contributed by atoms with Crippen LogP contribution in [-0.4, -0.2) is 17.9 Å². The maximum atomic E-state index is 13.4. The van der Waals surface area contributed by atoms with Gasteiger partial charge in [-0.3, -0.25) is 4.99 Å². The molecular formula is C15H14FNO2. The highest BCUT2D eigenvalue weighted by Crippen LogP contribution is 2.29. The standard InChI is InChI=1S/C15H14FNO2/c1-2-19-14-9-5-6-11(15(14)18)10-17-13-8-4-3-7-12(13)16/h3-10,18H,2H2,1H3. The topological polar surface area (TPSA) is 41.8 Å². The molecule has 1 N–H and O–H groups in total. The summed E-state index contributed by atoms with van der Waals surface area (Å²) < 4.78 is 18.7. The van der Waals surface area contributed by atoms with E-state index in [1.54, 1.807) is 36.4 Å². The molecule has 0 aliphatic carbocycles. The monoisotopic (exact) mass is 259 g/mol. The summed E-state index contributed by atoms with van der Waals surface area (Å²) in [4.78, 5) is 4.02. The minimum atomic E-state index is -0.404. The Morgan fingerprint density at radius 2 is 2.00 bits per heavy atom. The van der Waals surface area contributed by atoms with E-state index in [0.717, 1.165) is 0 Å². The number of rotatable bonds is 4. The molecule has 0 atom stereocenters. The first-order valence-corrected chi connectivity index (χ1v) is 5.95. The van der Waals surface area contributed by atoms with Crippen LogP contribution in [0.2, 0.25) is 0 Å². The van der Waals surface area contributed by atoms with Crippen LogP contribution in [0.25, 0.3) is 0 Å². The minimum Gasteiger partial charge on any atom is -0.504 e. The Morgan fingerprint density at radius 1 is 1.21 bits per heavy atom. The summed E-state index contributed by atoms with van der Waals surface area (Å²) in [6.07, 6.45) is 1.41. The number of hydrogen-bond donors (Lipinski definition) is 1. The van der Waals surface area contributed by atoms with Gasteiger partial charge in [0.2, 0.25) is 0 Å². The molecule has 0 amide bonds. The van der Waals surface area contributed by atoms with Gasteiger partial charge in [0.05, 0.1) is 12.3 Å². The normalized spacial score (nSPS) is 10.8. The fourth-order valence-electron chi connectivity index (χ4n) is 1.61. The zero-order chi connectivity index (χ0) is 13.7. The summed E-state index contributed by atoms with van der Waals surface area (Å²) in [6, 6.07) is 11.3. The van der Waals surface area contributed by atoms with Crippen molar-refractivity contribution in [3.63, 3.8) is 0 Å². The molecule has 0 unspecified atom stereocenters. The van der Waals surface area contributed by atoms with Crippen LogP contribution in [0.15, 0.2) is 47.5 Å². The van der Waals surface area contributed by atoms with Crippen molar-refractivity contribution < 1.29 is 14.2 Å². The fraction of sp³-hybridized carbons (Fsp3) is 0.133. The molecule has 19 heavy (non-hydrogen) atoms. The molecule has 0 aliphatic heterocycles. The Kier molecular flexibility index (Phi) is 4.13. The van der Waals surface area contributed by atoms with Crippen LogP contribution in [0.4, 0.5) is 10.1 Å². The summed E-state index contributed by atoms with van der Waals surface area (Å²) in [7, 11) is 0. The highest BCUT2D eigenvalue weighted by molar-refractivity contribution is 5.86. The molecule has 0 radical (unpaired) electrons. The number of nitrogens with zero attached hydrogens (tertiary/aromatic N) is 1. The maximum absolute atomic E-state index is 13.4. The summed E-state index contributed by atoms with van der Waals surface area (Å²) >= 11 is 0. The van der Waals surface area contributed by atoms with Gasteiger partial charge in [0.1, 0.15) is 5.82 Å². The summed E-state index contributed by atoms with van der Waals surface area (Å²) in [5.41, 5.74) is 0.706. The predicted molar refractivity (Wildman–Crippen MR) is 72.9 cm³/mol. The SMILES string of the molecule is CCOc1cccc(C=Nc2ccccc2F)c1O. The van der Waals surface area contributed by atoms with Crippen molar-refractivity contribution in [3.8, 4) is 11.5 Å². The van der Waals surface area contributed by atoms with E-state index in [9.17, 15) is 9.50 Å². The van der Waals surface area contributed by atoms with Crippen molar-refractivity contribution in [2.24, 2.45) is 4.99 Å². The fourth-order valence-corrected chi connectivity index (χ4v) is 1.61. The Bertz CT molecular complexity index is 596. The third kappa shape index (κ3) is 3.10.